The van der Waals surface area contributed by atoms with Crippen LogP contribution in [0.1, 0.15) is 0 Å². The smallest absolute Gasteiger partial charge is 0.253 e. The predicted molar refractivity (Wildman–Crippen MR) is 94.2 cm³/mol. The number of carbonyl (C=O) groups excluding carboxylic acids is 1. The number of aromatic nitrogens is 2. The zero-order valence-electron chi connectivity index (χ0n) is 13.3. The number of halogens is 1. The first-order valence-electron chi connectivity index (χ1n) is 7.93. The van der Waals surface area contributed by atoms with E-state index in [1.165, 1.54) is 0 Å². The van der Waals surface area contributed by atoms with Gasteiger partial charge in [0.1, 0.15) is 19.3 Å². The number of benzene rings is 1. The molecule has 0 N–H and O–H groups in total. The van der Waals surface area contributed by atoms with Gasteiger partial charge < -0.3 is 18.8 Å². The second-order valence-corrected chi connectivity index (χ2v) is 6.19. The average molecular weight is 358 g/mol. The molecule has 3 heterocycles. The second-order valence-electron chi connectivity index (χ2n) is 5.76. The molecule has 0 saturated carbocycles. The maximum atomic E-state index is 12.2. The number of nitrogens with zero attached hydrogens (tertiary/aromatic N) is 3. The van der Waals surface area contributed by atoms with E-state index in [1.807, 2.05) is 41.1 Å². The molecule has 25 heavy (non-hydrogen) atoms. The van der Waals surface area contributed by atoms with E-state index >= 15 is 0 Å². The summed E-state index contributed by atoms with van der Waals surface area (Å²) >= 11 is 5.92. The molecule has 0 spiro atoms. The third-order valence-electron chi connectivity index (χ3n) is 4.08. The Kier molecular flexibility index (Phi) is 4.29. The van der Waals surface area contributed by atoms with Crippen molar-refractivity contribution < 1.29 is 14.3 Å². The third-order valence-corrected chi connectivity index (χ3v) is 4.33. The Morgan fingerprint density at radius 3 is 2.92 bits per heavy atom. The van der Waals surface area contributed by atoms with Crippen molar-refractivity contribution in [3.8, 4) is 5.75 Å². The number of fused-ring (bicyclic) bond motifs is 1. The Bertz CT molecular complexity index is 894. The van der Waals surface area contributed by atoms with Crippen LogP contribution in [0.3, 0.4) is 0 Å². The average Bonchev–Trinajstić information content (AvgIpc) is 3.11. The first-order valence-corrected chi connectivity index (χ1v) is 8.30. The molecule has 3 aromatic rings. The lowest BCUT2D eigenvalue weighted by molar-refractivity contribution is -0.130. The molecule has 0 radical (unpaired) electrons. The molecule has 1 aliphatic heterocycles. The molecule has 0 unspecified atom stereocenters. The number of rotatable bonds is 4. The van der Waals surface area contributed by atoms with Crippen molar-refractivity contribution in [3.63, 3.8) is 0 Å². The minimum atomic E-state index is -0.219. The number of hydrogen-bond acceptors (Lipinski definition) is 4. The van der Waals surface area contributed by atoms with E-state index in [-0.39, 0.29) is 18.6 Å². The van der Waals surface area contributed by atoms with Gasteiger partial charge in [-0.3, -0.25) is 4.79 Å². The first-order chi connectivity index (χ1) is 12.2. The van der Waals surface area contributed by atoms with Crippen LogP contribution in [-0.2, 0) is 9.53 Å². The van der Waals surface area contributed by atoms with Gasteiger partial charge in [0.2, 0.25) is 0 Å². The van der Waals surface area contributed by atoms with Crippen LogP contribution in [0, 0.1) is 0 Å². The van der Waals surface area contributed by atoms with E-state index in [4.69, 9.17) is 21.1 Å². The molecule has 1 fully saturated rings. The summed E-state index contributed by atoms with van der Waals surface area (Å²) in [6.07, 6.45) is 5.27. The fourth-order valence-corrected chi connectivity index (χ4v) is 2.94. The Morgan fingerprint density at radius 1 is 1.24 bits per heavy atom. The molecule has 7 heteroatoms. The number of anilines is 1. The number of amides is 1. The van der Waals surface area contributed by atoms with Gasteiger partial charge >= 0.3 is 0 Å². The Labute approximate surface area is 149 Å². The zero-order valence-corrected chi connectivity index (χ0v) is 14.1. The Morgan fingerprint density at radius 2 is 2.08 bits per heavy atom. The maximum Gasteiger partial charge on any atom is 0.253 e. The van der Waals surface area contributed by atoms with Crippen LogP contribution in [0.2, 0.25) is 5.02 Å². The minimum Gasteiger partial charge on any atom is -0.487 e. The second kappa shape index (κ2) is 6.74. The van der Waals surface area contributed by atoms with Crippen LogP contribution < -0.4 is 9.64 Å². The number of imidazole rings is 1. The standard InChI is InChI=1S/C18H16ClN3O3/c19-13-3-5-14(6-4-13)22-10-15(24-12-17(22)23)11-25-16-2-1-8-21-9-7-20-18(16)21/h1-9,15H,10-12H2/t15-/m0/s1. The highest BCUT2D eigenvalue weighted by Crippen LogP contribution is 2.22. The zero-order chi connectivity index (χ0) is 17.2. The van der Waals surface area contributed by atoms with Gasteiger partial charge in [-0.05, 0) is 36.4 Å². The highest BCUT2D eigenvalue weighted by atomic mass is 35.5. The summed E-state index contributed by atoms with van der Waals surface area (Å²) in [4.78, 5) is 18.1. The lowest BCUT2D eigenvalue weighted by atomic mass is 10.2. The SMILES string of the molecule is O=C1CO[C@H](COc2cccn3ccnc23)CN1c1ccc(Cl)cc1. The third kappa shape index (κ3) is 3.31. The molecule has 0 bridgehead atoms. The van der Waals surface area contributed by atoms with E-state index in [1.54, 1.807) is 23.2 Å². The topological polar surface area (TPSA) is 56.1 Å². The van der Waals surface area contributed by atoms with Crippen molar-refractivity contribution in [3.05, 3.63) is 60.0 Å². The van der Waals surface area contributed by atoms with E-state index < -0.39 is 0 Å². The number of pyridine rings is 1. The van der Waals surface area contributed by atoms with Gasteiger partial charge in [-0.1, -0.05) is 11.6 Å². The fraction of sp³-hybridized carbons (Fsp3) is 0.222. The summed E-state index contributed by atoms with van der Waals surface area (Å²) in [5.74, 6) is 0.611. The van der Waals surface area contributed by atoms with Gasteiger partial charge in [0.15, 0.2) is 11.4 Å². The number of hydrogen-bond donors (Lipinski definition) is 0. The highest BCUT2D eigenvalue weighted by molar-refractivity contribution is 6.30. The predicted octanol–water partition coefficient (Wildman–Crippen LogP) is 2.80. The molecule has 128 valence electrons. The summed E-state index contributed by atoms with van der Waals surface area (Å²) in [7, 11) is 0. The van der Waals surface area contributed by atoms with Gasteiger partial charge in [0.25, 0.3) is 5.91 Å². The van der Waals surface area contributed by atoms with Gasteiger partial charge in [-0.15, -0.1) is 0 Å². The van der Waals surface area contributed by atoms with Gasteiger partial charge in [-0.2, -0.15) is 0 Å². The highest BCUT2D eigenvalue weighted by Gasteiger charge is 2.28. The van der Waals surface area contributed by atoms with Crippen molar-refractivity contribution >= 4 is 28.8 Å². The number of ether oxygens (including phenoxy) is 2. The minimum absolute atomic E-state index is 0.0320. The van der Waals surface area contributed by atoms with Gasteiger partial charge in [0.05, 0.1) is 6.54 Å². The summed E-state index contributed by atoms with van der Waals surface area (Å²) < 4.78 is 13.4. The largest absolute Gasteiger partial charge is 0.487 e. The van der Waals surface area contributed by atoms with Crippen LogP contribution >= 0.6 is 11.6 Å². The summed E-state index contributed by atoms with van der Waals surface area (Å²) in [6, 6.07) is 11.0. The molecule has 1 saturated heterocycles. The van der Waals surface area contributed by atoms with Crippen molar-refractivity contribution in [2.75, 3.05) is 24.7 Å². The normalized spacial score (nSPS) is 17.9. The molecule has 6 nitrogen and oxygen atoms in total. The lowest BCUT2D eigenvalue weighted by Crippen LogP contribution is -2.48. The summed E-state index contributed by atoms with van der Waals surface area (Å²) in [5, 5.41) is 0.636. The van der Waals surface area contributed by atoms with Crippen molar-refractivity contribution in [1.29, 1.82) is 0 Å². The molecule has 1 aliphatic rings. The van der Waals surface area contributed by atoms with Crippen LogP contribution in [-0.4, -0.2) is 41.2 Å². The molecule has 2 aromatic heterocycles. The molecular formula is C18H16ClN3O3. The van der Waals surface area contributed by atoms with E-state index in [2.05, 4.69) is 4.98 Å². The van der Waals surface area contributed by atoms with E-state index in [0.717, 1.165) is 11.3 Å². The summed E-state index contributed by atoms with van der Waals surface area (Å²) in [5.41, 5.74) is 1.56. The van der Waals surface area contributed by atoms with E-state index in [9.17, 15) is 4.79 Å². The molecule has 1 aromatic carbocycles. The lowest BCUT2D eigenvalue weighted by Gasteiger charge is -2.32. The van der Waals surface area contributed by atoms with E-state index in [0.29, 0.717) is 23.9 Å². The van der Waals surface area contributed by atoms with Crippen LogP contribution in [0.25, 0.3) is 5.65 Å². The fourth-order valence-electron chi connectivity index (χ4n) is 2.81. The molecule has 1 amide bonds. The Balaban J connectivity index is 1.45. The molecule has 0 aliphatic carbocycles. The van der Waals surface area contributed by atoms with Crippen LogP contribution in [0.5, 0.6) is 5.75 Å². The van der Waals surface area contributed by atoms with Gasteiger partial charge in [-0.25, -0.2) is 4.98 Å². The van der Waals surface area contributed by atoms with Crippen molar-refractivity contribution in [1.82, 2.24) is 9.38 Å². The van der Waals surface area contributed by atoms with Crippen molar-refractivity contribution in [2.24, 2.45) is 0 Å². The van der Waals surface area contributed by atoms with Crippen molar-refractivity contribution in [2.45, 2.75) is 6.10 Å². The van der Waals surface area contributed by atoms with Crippen LogP contribution in [0.15, 0.2) is 55.0 Å². The molecular weight excluding hydrogens is 342 g/mol. The Hall–Kier alpha value is -2.57. The monoisotopic (exact) mass is 357 g/mol. The van der Waals surface area contributed by atoms with Gasteiger partial charge in [0, 0.05) is 29.3 Å². The molecule has 4 rings (SSSR count). The maximum absolute atomic E-state index is 12.2. The summed E-state index contributed by atoms with van der Waals surface area (Å²) in [6.45, 7) is 0.798. The van der Waals surface area contributed by atoms with Crippen LogP contribution in [0.4, 0.5) is 5.69 Å². The first kappa shape index (κ1) is 15.9. The quantitative estimate of drug-likeness (QED) is 0.720. The number of carbonyl (C=O) groups is 1. The number of morpholine rings is 1. The molecule has 1 atom stereocenters.